The molecule has 0 heterocycles. The van der Waals surface area contributed by atoms with Gasteiger partial charge in [0.15, 0.2) is 4.31 Å². The molecule has 0 amide bonds. The molecule has 2 N–H and O–H groups in total. The SMILES string of the molecule is CCc1ccccc1.O=[P+](O)O[P+](=O)O. The van der Waals surface area contributed by atoms with E-state index in [0.717, 1.165) is 6.42 Å². The lowest BCUT2D eigenvalue weighted by atomic mass is 10.2. The van der Waals surface area contributed by atoms with E-state index in [4.69, 9.17) is 9.79 Å². The smallest absolute Gasteiger partial charge is 0.131 e. The van der Waals surface area contributed by atoms with Crippen LogP contribution in [0.2, 0.25) is 0 Å². The predicted octanol–water partition coefficient (Wildman–Crippen LogP) is 2.55. The van der Waals surface area contributed by atoms with E-state index in [1.807, 2.05) is 6.07 Å². The number of hydrogen-bond donors (Lipinski definition) is 2. The minimum atomic E-state index is -2.92. The van der Waals surface area contributed by atoms with Crippen LogP contribution in [-0.2, 0) is 19.9 Å². The molecule has 7 heteroatoms. The standard InChI is InChI=1S/C8H10.O5P2/c1-2-8-6-4-3-5-7-8;1-6(2)5-7(3)4/h3-7H,2H2,1H3;/p+2. The van der Waals surface area contributed by atoms with Gasteiger partial charge in [-0.05, 0) is 12.0 Å². The van der Waals surface area contributed by atoms with Crippen LogP contribution in [0.3, 0.4) is 0 Å². The van der Waals surface area contributed by atoms with E-state index in [1.165, 1.54) is 5.56 Å². The van der Waals surface area contributed by atoms with E-state index < -0.39 is 16.5 Å². The van der Waals surface area contributed by atoms with Gasteiger partial charge in [0.25, 0.3) is 0 Å². The Labute approximate surface area is 89.6 Å². The summed E-state index contributed by atoms with van der Waals surface area (Å²) in [5.41, 5.74) is 1.41. The van der Waals surface area contributed by atoms with E-state index in [2.05, 4.69) is 35.5 Å². The van der Waals surface area contributed by atoms with Gasteiger partial charge in [-0.25, -0.2) is 0 Å². The van der Waals surface area contributed by atoms with Crippen molar-refractivity contribution in [2.24, 2.45) is 0 Å². The van der Waals surface area contributed by atoms with Gasteiger partial charge in [0.1, 0.15) is 0 Å². The lowest BCUT2D eigenvalue weighted by molar-refractivity contribution is 0.371. The molecule has 15 heavy (non-hydrogen) atoms. The first-order valence-electron chi connectivity index (χ1n) is 4.10. The molecule has 2 unspecified atom stereocenters. The average Bonchev–Trinajstić information content (AvgIpc) is 2.18. The minimum absolute atomic E-state index is 1.14. The van der Waals surface area contributed by atoms with Crippen LogP contribution >= 0.6 is 16.5 Å². The van der Waals surface area contributed by atoms with Crippen molar-refractivity contribution in [2.45, 2.75) is 13.3 Å². The third-order valence-electron chi connectivity index (χ3n) is 1.39. The van der Waals surface area contributed by atoms with Crippen molar-refractivity contribution in [1.82, 2.24) is 0 Å². The first-order valence-corrected chi connectivity index (χ1v) is 6.36. The lowest BCUT2D eigenvalue weighted by Gasteiger charge is -1.89. The minimum Gasteiger partial charge on any atom is -0.131 e. The Morgan fingerprint density at radius 3 is 1.80 bits per heavy atom. The molecule has 0 bridgehead atoms. The maximum atomic E-state index is 9.39. The molecule has 0 aromatic heterocycles. The monoisotopic (exact) mass is 250 g/mol. The van der Waals surface area contributed by atoms with Gasteiger partial charge in [-0.3, -0.25) is 0 Å². The Hall–Kier alpha value is -0.700. The fourth-order valence-corrected chi connectivity index (χ4v) is 1.25. The maximum Gasteiger partial charge on any atom is 0.745 e. The van der Waals surface area contributed by atoms with E-state index >= 15 is 0 Å². The Bertz CT molecular complexity index is 302. The topological polar surface area (TPSA) is 83.8 Å². The van der Waals surface area contributed by atoms with E-state index in [9.17, 15) is 9.13 Å². The summed E-state index contributed by atoms with van der Waals surface area (Å²) in [7, 11) is -5.85. The first-order chi connectivity index (χ1) is 7.06. The summed E-state index contributed by atoms with van der Waals surface area (Å²) in [4.78, 5) is 15.3. The largest absolute Gasteiger partial charge is 0.745 e. The zero-order valence-corrected chi connectivity index (χ0v) is 9.90. The van der Waals surface area contributed by atoms with Gasteiger partial charge in [0.05, 0.1) is 0 Å². The molecular weight excluding hydrogens is 238 g/mol. The number of benzene rings is 1. The summed E-state index contributed by atoms with van der Waals surface area (Å²) in [5.74, 6) is 0. The molecular formula is C8H12O5P2+2. The second kappa shape index (κ2) is 8.60. The van der Waals surface area contributed by atoms with Crippen molar-refractivity contribution in [3.05, 3.63) is 35.9 Å². The van der Waals surface area contributed by atoms with Crippen LogP contribution in [-0.4, -0.2) is 9.79 Å². The predicted molar refractivity (Wildman–Crippen MR) is 56.6 cm³/mol. The molecule has 0 aliphatic carbocycles. The fourth-order valence-electron chi connectivity index (χ4n) is 0.773. The maximum absolute atomic E-state index is 9.39. The van der Waals surface area contributed by atoms with Crippen molar-refractivity contribution in [3.63, 3.8) is 0 Å². The Balaban J connectivity index is 0.000000265. The average molecular weight is 250 g/mol. The van der Waals surface area contributed by atoms with Gasteiger partial charge in [-0.15, -0.1) is 9.79 Å². The zero-order chi connectivity index (χ0) is 11.7. The Morgan fingerprint density at radius 1 is 1.13 bits per heavy atom. The molecule has 0 saturated carbocycles. The van der Waals surface area contributed by atoms with Crippen molar-refractivity contribution in [1.29, 1.82) is 0 Å². The molecule has 1 aromatic rings. The molecule has 0 aliphatic rings. The highest BCUT2D eigenvalue weighted by molar-refractivity contribution is 7.46. The summed E-state index contributed by atoms with van der Waals surface area (Å²) in [6, 6.07) is 10.5. The first kappa shape index (κ1) is 14.3. The normalized spacial score (nSPS) is 11.1. The summed E-state index contributed by atoms with van der Waals surface area (Å²) in [6.45, 7) is 2.16. The highest BCUT2D eigenvalue weighted by Crippen LogP contribution is 2.30. The highest BCUT2D eigenvalue weighted by atomic mass is 31.2. The zero-order valence-electron chi connectivity index (χ0n) is 8.11. The van der Waals surface area contributed by atoms with Crippen LogP contribution in [0.4, 0.5) is 0 Å². The van der Waals surface area contributed by atoms with Gasteiger partial charge in [-0.2, -0.15) is 0 Å². The molecule has 2 atom stereocenters. The van der Waals surface area contributed by atoms with Gasteiger partial charge >= 0.3 is 16.5 Å². The van der Waals surface area contributed by atoms with Crippen LogP contribution < -0.4 is 0 Å². The quantitative estimate of drug-likeness (QED) is 0.805. The third kappa shape index (κ3) is 9.60. The van der Waals surface area contributed by atoms with Gasteiger partial charge in [0, 0.05) is 9.13 Å². The summed E-state index contributed by atoms with van der Waals surface area (Å²) in [6.07, 6.45) is 1.14. The van der Waals surface area contributed by atoms with E-state index in [0.29, 0.717) is 0 Å². The van der Waals surface area contributed by atoms with Crippen LogP contribution in [0, 0.1) is 0 Å². The lowest BCUT2D eigenvalue weighted by Crippen LogP contribution is -1.73. The van der Waals surface area contributed by atoms with Crippen molar-refractivity contribution >= 4 is 16.5 Å². The Kier molecular flexibility index (Phi) is 8.19. The molecule has 82 valence electrons. The molecule has 0 saturated heterocycles. The molecule has 1 rings (SSSR count). The number of hydrogen-bond acceptors (Lipinski definition) is 3. The summed E-state index contributed by atoms with van der Waals surface area (Å²) < 4.78 is 22.2. The second-order valence-corrected chi connectivity index (χ2v) is 4.00. The van der Waals surface area contributed by atoms with E-state index in [-0.39, 0.29) is 0 Å². The van der Waals surface area contributed by atoms with E-state index in [1.54, 1.807) is 0 Å². The van der Waals surface area contributed by atoms with Crippen molar-refractivity contribution < 1.29 is 23.2 Å². The van der Waals surface area contributed by atoms with Crippen LogP contribution in [0.1, 0.15) is 12.5 Å². The molecule has 1 aromatic carbocycles. The molecule has 5 nitrogen and oxygen atoms in total. The Morgan fingerprint density at radius 2 is 1.60 bits per heavy atom. The van der Waals surface area contributed by atoms with Crippen LogP contribution in [0.25, 0.3) is 0 Å². The highest BCUT2D eigenvalue weighted by Gasteiger charge is 2.31. The molecule has 0 radical (unpaired) electrons. The third-order valence-corrected chi connectivity index (χ3v) is 2.51. The second-order valence-electron chi connectivity index (χ2n) is 2.40. The number of aryl methyl sites for hydroxylation is 1. The number of rotatable bonds is 3. The van der Waals surface area contributed by atoms with Crippen LogP contribution in [0.15, 0.2) is 30.3 Å². The van der Waals surface area contributed by atoms with Gasteiger partial charge < -0.3 is 0 Å². The van der Waals surface area contributed by atoms with Crippen molar-refractivity contribution in [3.8, 4) is 0 Å². The van der Waals surface area contributed by atoms with Crippen LogP contribution in [0.5, 0.6) is 0 Å². The summed E-state index contributed by atoms with van der Waals surface area (Å²) >= 11 is 0. The summed E-state index contributed by atoms with van der Waals surface area (Å²) in [5, 5.41) is 0. The molecule has 0 fully saturated rings. The van der Waals surface area contributed by atoms with Gasteiger partial charge in [0.2, 0.25) is 0 Å². The van der Waals surface area contributed by atoms with Crippen molar-refractivity contribution in [2.75, 3.05) is 0 Å². The fraction of sp³-hybridized carbons (Fsp3) is 0.250. The van der Waals surface area contributed by atoms with Gasteiger partial charge in [-0.1, -0.05) is 37.3 Å². The molecule has 0 spiro atoms. The molecule has 0 aliphatic heterocycles.